The van der Waals surface area contributed by atoms with Gasteiger partial charge in [0.15, 0.2) is 0 Å². The molecule has 1 aromatic heterocycles. The lowest BCUT2D eigenvalue weighted by Gasteiger charge is -2.00. The topological polar surface area (TPSA) is 29.9 Å². The molecule has 0 amide bonds. The Labute approximate surface area is 54.7 Å². The fraction of sp³-hybridized carbons (Fsp3) is 0.500. The number of aryl methyl sites for hydroxylation is 1. The van der Waals surface area contributed by atoms with Crippen molar-refractivity contribution < 1.29 is 0 Å². The van der Waals surface area contributed by atoms with E-state index in [-0.39, 0.29) is 0 Å². The largest absolute Gasteiger partial charge is 0.370 e. The van der Waals surface area contributed by atoms with Gasteiger partial charge in [-0.15, -0.1) is 0 Å². The summed E-state index contributed by atoms with van der Waals surface area (Å²) in [7, 11) is 1.96. The van der Waals surface area contributed by atoms with E-state index in [0.717, 1.165) is 12.4 Å². The molecule has 0 aliphatic heterocycles. The minimum Gasteiger partial charge on any atom is -0.370 e. The van der Waals surface area contributed by atoms with Crippen LogP contribution in [0.25, 0.3) is 0 Å². The lowest BCUT2D eigenvalue weighted by Crippen LogP contribution is -2.00. The fourth-order valence-electron chi connectivity index (χ4n) is 0.709. The number of imidazole rings is 1. The highest BCUT2D eigenvalue weighted by molar-refractivity contribution is 5.31. The Morgan fingerprint density at radius 3 is 3.00 bits per heavy atom. The molecule has 1 aromatic rings. The van der Waals surface area contributed by atoms with Gasteiger partial charge in [-0.2, -0.15) is 0 Å². The van der Waals surface area contributed by atoms with Crippen LogP contribution in [0.4, 0.5) is 5.82 Å². The van der Waals surface area contributed by atoms with Crippen LogP contribution in [0, 0.1) is 0 Å². The maximum absolute atomic E-state index is 3.94. The van der Waals surface area contributed by atoms with Crippen molar-refractivity contribution in [2.24, 2.45) is 7.05 Å². The SMILES string of the molecule is CCNc1cncn1C. The van der Waals surface area contributed by atoms with Gasteiger partial charge in [-0.25, -0.2) is 4.98 Å². The van der Waals surface area contributed by atoms with Crippen LogP contribution < -0.4 is 5.32 Å². The second-order valence-corrected chi connectivity index (χ2v) is 1.92. The van der Waals surface area contributed by atoms with Crippen LogP contribution in [0.5, 0.6) is 0 Å². The predicted octanol–water partition coefficient (Wildman–Crippen LogP) is 0.852. The van der Waals surface area contributed by atoms with Gasteiger partial charge in [-0.05, 0) is 6.92 Å². The lowest BCUT2D eigenvalue weighted by atomic mass is 10.6. The summed E-state index contributed by atoms with van der Waals surface area (Å²) < 4.78 is 1.95. The highest BCUT2D eigenvalue weighted by Crippen LogP contribution is 2.00. The van der Waals surface area contributed by atoms with Crippen molar-refractivity contribution in [3.05, 3.63) is 12.5 Å². The molecular weight excluding hydrogens is 114 g/mol. The Hall–Kier alpha value is -0.990. The second-order valence-electron chi connectivity index (χ2n) is 1.92. The van der Waals surface area contributed by atoms with Gasteiger partial charge in [0, 0.05) is 13.6 Å². The average molecular weight is 125 g/mol. The van der Waals surface area contributed by atoms with Crippen LogP contribution >= 0.6 is 0 Å². The van der Waals surface area contributed by atoms with Gasteiger partial charge in [0.05, 0.1) is 12.5 Å². The summed E-state index contributed by atoms with van der Waals surface area (Å²) in [5.74, 6) is 1.07. The van der Waals surface area contributed by atoms with Crippen molar-refractivity contribution in [2.75, 3.05) is 11.9 Å². The third-order valence-corrected chi connectivity index (χ3v) is 1.17. The number of nitrogens with zero attached hydrogens (tertiary/aromatic N) is 2. The van der Waals surface area contributed by atoms with E-state index >= 15 is 0 Å². The normalized spacial score (nSPS) is 9.56. The molecule has 3 heteroatoms. The molecule has 0 spiro atoms. The van der Waals surface area contributed by atoms with Gasteiger partial charge in [-0.1, -0.05) is 0 Å². The van der Waals surface area contributed by atoms with E-state index in [0.29, 0.717) is 0 Å². The Bertz CT molecular complexity index is 180. The minimum absolute atomic E-state index is 0.944. The molecule has 0 saturated heterocycles. The number of rotatable bonds is 2. The first-order valence-corrected chi connectivity index (χ1v) is 3.04. The van der Waals surface area contributed by atoms with E-state index in [1.807, 2.05) is 17.8 Å². The monoisotopic (exact) mass is 125 g/mol. The van der Waals surface area contributed by atoms with Crippen molar-refractivity contribution in [2.45, 2.75) is 6.92 Å². The summed E-state index contributed by atoms with van der Waals surface area (Å²) in [5.41, 5.74) is 0. The summed E-state index contributed by atoms with van der Waals surface area (Å²) in [6, 6.07) is 0. The summed E-state index contributed by atoms with van der Waals surface area (Å²) in [6.07, 6.45) is 3.58. The minimum atomic E-state index is 0.944. The zero-order chi connectivity index (χ0) is 6.69. The molecule has 1 rings (SSSR count). The number of aromatic nitrogens is 2. The first-order valence-electron chi connectivity index (χ1n) is 3.04. The van der Waals surface area contributed by atoms with Crippen LogP contribution in [0.2, 0.25) is 0 Å². The van der Waals surface area contributed by atoms with Crippen molar-refractivity contribution >= 4 is 5.82 Å². The molecule has 1 N–H and O–H groups in total. The standard InChI is InChI=1S/C6H11N3/c1-3-8-6-4-7-5-9(6)2/h4-5,8H,3H2,1-2H3. The van der Waals surface area contributed by atoms with Crippen LogP contribution in [0.1, 0.15) is 6.92 Å². The second kappa shape index (κ2) is 2.53. The molecule has 0 unspecified atom stereocenters. The summed E-state index contributed by atoms with van der Waals surface area (Å²) in [4.78, 5) is 3.94. The Morgan fingerprint density at radius 2 is 2.56 bits per heavy atom. The van der Waals surface area contributed by atoms with Crippen LogP contribution in [0.15, 0.2) is 12.5 Å². The van der Waals surface area contributed by atoms with Gasteiger partial charge >= 0.3 is 0 Å². The molecule has 0 aromatic carbocycles. The van der Waals surface area contributed by atoms with Crippen LogP contribution in [-0.4, -0.2) is 16.1 Å². The molecule has 0 radical (unpaired) electrons. The van der Waals surface area contributed by atoms with E-state index < -0.39 is 0 Å². The van der Waals surface area contributed by atoms with E-state index in [9.17, 15) is 0 Å². The maximum atomic E-state index is 3.94. The zero-order valence-corrected chi connectivity index (χ0v) is 5.76. The van der Waals surface area contributed by atoms with Gasteiger partial charge < -0.3 is 9.88 Å². The molecule has 9 heavy (non-hydrogen) atoms. The van der Waals surface area contributed by atoms with Gasteiger partial charge in [-0.3, -0.25) is 0 Å². The highest BCUT2D eigenvalue weighted by atomic mass is 15.1. The van der Waals surface area contributed by atoms with Gasteiger partial charge in [0.2, 0.25) is 0 Å². The third-order valence-electron chi connectivity index (χ3n) is 1.17. The lowest BCUT2D eigenvalue weighted by molar-refractivity contribution is 0.909. The first kappa shape index (κ1) is 6.13. The van der Waals surface area contributed by atoms with Crippen molar-refractivity contribution in [3.63, 3.8) is 0 Å². The maximum Gasteiger partial charge on any atom is 0.125 e. The van der Waals surface area contributed by atoms with Gasteiger partial charge in [0.25, 0.3) is 0 Å². The molecule has 0 aliphatic rings. The molecule has 50 valence electrons. The van der Waals surface area contributed by atoms with Crippen LogP contribution in [-0.2, 0) is 7.05 Å². The third kappa shape index (κ3) is 1.22. The highest BCUT2D eigenvalue weighted by Gasteiger charge is 1.91. The molecule has 0 atom stereocenters. The predicted molar refractivity (Wildman–Crippen MR) is 37.4 cm³/mol. The summed E-state index contributed by atoms with van der Waals surface area (Å²) in [6.45, 7) is 3.01. The number of hydrogen-bond acceptors (Lipinski definition) is 2. The van der Waals surface area contributed by atoms with Gasteiger partial charge in [0.1, 0.15) is 5.82 Å². The van der Waals surface area contributed by atoms with E-state index in [1.54, 1.807) is 6.33 Å². The molecule has 0 fully saturated rings. The molecule has 0 saturated carbocycles. The van der Waals surface area contributed by atoms with Crippen molar-refractivity contribution in [1.29, 1.82) is 0 Å². The fourth-order valence-corrected chi connectivity index (χ4v) is 0.709. The summed E-state index contributed by atoms with van der Waals surface area (Å²) in [5, 5.41) is 3.16. The van der Waals surface area contributed by atoms with Crippen molar-refractivity contribution in [3.8, 4) is 0 Å². The molecule has 1 heterocycles. The zero-order valence-electron chi connectivity index (χ0n) is 5.76. The molecule has 3 nitrogen and oxygen atoms in total. The molecule has 0 aliphatic carbocycles. The number of nitrogens with one attached hydrogen (secondary N) is 1. The van der Waals surface area contributed by atoms with E-state index in [4.69, 9.17) is 0 Å². The Kier molecular flexibility index (Phi) is 1.72. The molecule has 0 bridgehead atoms. The summed E-state index contributed by atoms with van der Waals surface area (Å²) >= 11 is 0. The first-order chi connectivity index (χ1) is 4.34. The quantitative estimate of drug-likeness (QED) is 0.635. The van der Waals surface area contributed by atoms with E-state index in [1.165, 1.54) is 0 Å². The number of anilines is 1. The van der Waals surface area contributed by atoms with Crippen molar-refractivity contribution in [1.82, 2.24) is 9.55 Å². The smallest absolute Gasteiger partial charge is 0.125 e. The van der Waals surface area contributed by atoms with Crippen LogP contribution in [0.3, 0.4) is 0 Å². The molecular formula is C6H11N3. The van der Waals surface area contributed by atoms with E-state index in [2.05, 4.69) is 17.2 Å². The number of hydrogen-bond donors (Lipinski definition) is 1. The Balaban J connectivity index is 2.69. The average Bonchev–Trinajstić information content (AvgIpc) is 2.18. The Morgan fingerprint density at radius 1 is 1.78 bits per heavy atom.